The van der Waals surface area contributed by atoms with E-state index >= 15 is 0 Å². The summed E-state index contributed by atoms with van der Waals surface area (Å²) < 4.78 is 14.3. The molecule has 1 amide bonds. The third-order valence-electron chi connectivity index (χ3n) is 3.49. The molecular formula is C24H32BrN5O3S. The molecule has 1 aromatic heterocycles. The Hall–Kier alpha value is -3.21. The average Bonchev–Trinajstić information content (AvgIpc) is 3.22. The monoisotopic (exact) mass is 549 g/mol. The van der Waals surface area contributed by atoms with E-state index in [9.17, 15) is 9.90 Å². The number of nitrogens with zero attached hydrogens (tertiary/aromatic N) is 3. The van der Waals surface area contributed by atoms with Crippen molar-refractivity contribution in [2.45, 2.75) is 27.7 Å². The number of benzene rings is 1. The minimum atomic E-state index is -0.330. The highest BCUT2D eigenvalue weighted by Crippen LogP contribution is 2.36. The van der Waals surface area contributed by atoms with E-state index in [0.29, 0.717) is 40.7 Å². The van der Waals surface area contributed by atoms with Crippen molar-refractivity contribution < 1.29 is 14.6 Å². The van der Waals surface area contributed by atoms with Gasteiger partial charge in [-0.2, -0.15) is 8.75 Å². The third-order valence-corrected chi connectivity index (χ3v) is 4.68. The van der Waals surface area contributed by atoms with E-state index in [2.05, 4.69) is 74.8 Å². The number of allylic oxidation sites excluding steroid dienone is 1. The van der Waals surface area contributed by atoms with Gasteiger partial charge in [-0.25, -0.2) is 0 Å². The van der Waals surface area contributed by atoms with Crippen LogP contribution in [-0.2, 0) is 4.74 Å². The minimum Gasteiger partial charge on any atom is -0.505 e. The van der Waals surface area contributed by atoms with Gasteiger partial charge in [0.25, 0.3) is 5.91 Å². The highest BCUT2D eigenvalue weighted by molar-refractivity contribution is 9.10. The second kappa shape index (κ2) is 16.4. The van der Waals surface area contributed by atoms with Crippen molar-refractivity contribution in [3.05, 3.63) is 34.0 Å². The Morgan fingerprint density at radius 3 is 2.41 bits per heavy atom. The van der Waals surface area contributed by atoms with Crippen LogP contribution in [-0.4, -0.2) is 51.9 Å². The van der Waals surface area contributed by atoms with Gasteiger partial charge in [0.05, 0.1) is 36.1 Å². The molecule has 2 aromatic rings. The fourth-order valence-corrected chi connectivity index (χ4v) is 3.18. The van der Waals surface area contributed by atoms with E-state index in [1.807, 2.05) is 6.92 Å². The van der Waals surface area contributed by atoms with E-state index in [1.165, 1.54) is 11.0 Å². The fourth-order valence-electron chi connectivity index (χ4n) is 2.20. The van der Waals surface area contributed by atoms with Gasteiger partial charge in [-0.3, -0.25) is 4.79 Å². The number of anilines is 3. The summed E-state index contributed by atoms with van der Waals surface area (Å²) in [6, 6.07) is 3.31. The first-order chi connectivity index (χ1) is 16.1. The molecule has 0 unspecified atom stereocenters. The number of hydrogen-bond donors (Lipinski definition) is 3. The van der Waals surface area contributed by atoms with E-state index in [-0.39, 0.29) is 17.2 Å². The summed E-state index contributed by atoms with van der Waals surface area (Å²) in [5.74, 6) is 4.21. The molecule has 0 aliphatic rings. The Kier molecular flexibility index (Phi) is 14.9. The predicted octanol–water partition coefficient (Wildman–Crippen LogP) is 5.33. The van der Waals surface area contributed by atoms with E-state index in [1.54, 1.807) is 26.2 Å². The topological polar surface area (TPSA) is 99.6 Å². The van der Waals surface area contributed by atoms with Crippen LogP contribution in [0.4, 0.5) is 17.3 Å². The highest BCUT2D eigenvalue weighted by atomic mass is 79.9. The van der Waals surface area contributed by atoms with Crippen molar-refractivity contribution in [2.24, 2.45) is 5.92 Å². The summed E-state index contributed by atoms with van der Waals surface area (Å²) in [4.78, 5) is 13.7. The smallest absolute Gasteiger partial charge is 0.258 e. The zero-order valence-corrected chi connectivity index (χ0v) is 22.7. The number of nitrogens with one attached hydrogen (secondary N) is 2. The Balaban J connectivity index is 0.00000164. The van der Waals surface area contributed by atoms with Gasteiger partial charge in [-0.05, 0) is 40.9 Å². The third kappa shape index (κ3) is 10.2. The molecule has 0 spiro atoms. The molecular weight excluding hydrogens is 518 g/mol. The molecule has 1 aromatic carbocycles. The molecule has 0 aliphatic carbocycles. The molecule has 0 aliphatic heterocycles. The molecule has 0 atom stereocenters. The Bertz CT molecular complexity index is 1010. The van der Waals surface area contributed by atoms with Crippen LogP contribution in [0.1, 0.15) is 38.1 Å². The Labute approximate surface area is 215 Å². The van der Waals surface area contributed by atoms with Crippen molar-refractivity contribution in [3.63, 3.8) is 0 Å². The summed E-state index contributed by atoms with van der Waals surface area (Å²) in [5, 5.41) is 16.7. The number of carbonyl (C=O) groups is 1. The minimum absolute atomic E-state index is 0.156. The van der Waals surface area contributed by atoms with Crippen LogP contribution < -0.4 is 10.6 Å². The van der Waals surface area contributed by atoms with Crippen molar-refractivity contribution in [1.29, 1.82) is 0 Å². The fraction of sp³-hybridized carbons (Fsp3) is 0.375. The van der Waals surface area contributed by atoms with Crippen molar-refractivity contribution in [1.82, 2.24) is 13.6 Å². The van der Waals surface area contributed by atoms with Crippen LogP contribution in [0.15, 0.2) is 28.4 Å². The summed E-state index contributed by atoms with van der Waals surface area (Å²) >= 11 is 4.30. The number of phenolic OH excluding ortho intramolecular Hbond substituents is 1. The Morgan fingerprint density at radius 2 is 1.88 bits per heavy atom. The van der Waals surface area contributed by atoms with Gasteiger partial charge in [-0.1, -0.05) is 26.7 Å². The first-order valence-electron chi connectivity index (χ1n) is 10.3. The van der Waals surface area contributed by atoms with Gasteiger partial charge in [0.15, 0.2) is 17.4 Å². The van der Waals surface area contributed by atoms with Crippen LogP contribution in [0.2, 0.25) is 0 Å². The highest BCUT2D eigenvalue weighted by Gasteiger charge is 2.21. The second-order valence-corrected chi connectivity index (χ2v) is 8.78. The molecule has 0 bridgehead atoms. The normalized spacial score (nSPS) is 10.1. The number of amides is 1. The molecule has 2 rings (SSSR count). The van der Waals surface area contributed by atoms with Crippen LogP contribution in [0.25, 0.3) is 0 Å². The summed E-state index contributed by atoms with van der Waals surface area (Å²) in [6.07, 6.45) is 14.8. The molecule has 1 heterocycles. The number of carbonyl (C=O) groups excluding carboxylic acids is 1. The average molecular weight is 551 g/mol. The summed E-state index contributed by atoms with van der Waals surface area (Å²) in [6.45, 7) is 9.19. The van der Waals surface area contributed by atoms with Gasteiger partial charge in [0.1, 0.15) is 5.76 Å². The zero-order valence-electron chi connectivity index (χ0n) is 20.3. The largest absolute Gasteiger partial charge is 0.505 e. The molecule has 0 saturated carbocycles. The number of terminal acetylenes is 2. The number of aromatic hydroxyl groups is 1. The van der Waals surface area contributed by atoms with E-state index in [4.69, 9.17) is 11.2 Å². The van der Waals surface area contributed by atoms with Gasteiger partial charge < -0.3 is 25.4 Å². The van der Waals surface area contributed by atoms with Gasteiger partial charge >= 0.3 is 0 Å². The molecule has 0 fully saturated rings. The lowest BCUT2D eigenvalue weighted by Crippen LogP contribution is -2.22. The second-order valence-electron chi connectivity index (χ2n) is 7.40. The van der Waals surface area contributed by atoms with E-state index in [0.717, 1.165) is 17.6 Å². The lowest BCUT2D eigenvalue weighted by molar-refractivity contribution is 0.0824. The number of rotatable bonds is 8. The summed E-state index contributed by atoms with van der Waals surface area (Å²) in [7, 11) is 3.22. The van der Waals surface area contributed by atoms with Gasteiger partial charge in [0.2, 0.25) is 0 Å². The molecule has 0 radical (unpaired) electrons. The zero-order chi connectivity index (χ0) is 26.3. The predicted molar refractivity (Wildman–Crippen MR) is 144 cm³/mol. The van der Waals surface area contributed by atoms with Gasteiger partial charge in [-0.15, -0.1) is 19.3 Å². The quantitative estimate of drug-likeness (QED) is 0.232. The maximum atomic E-state index is 12.3. The molecule has 8 nitrogen and oxygen atoms in total. The van der Waals surface area contributed by atoms with Gasteiger partial charge in [0, 0.05) is 24.6 Å². The maximum absolute atomic E-state index is 12.3. The van der Waals surface area contributed by atoms with E-state index < -0.39 is 0 Å². The van der Waals surface area contributed by atoms with Crippen LogP contribution >= 0.6 is 27.7 Å². The number of aromatic nitrogens is 2. The lowest BCUT2D eigenvalue weighted by Gasteiger charge is -2.16. The molecule has 10 heteroatoms. The number of halogens is 1. The molecule has 184 valence electrons. The number of phenols is 1. The summed E-state index contributed by atoms with van der Waals surface area (Å²) in [5.41, 5.74) is 0.483. The molecule has 3 N–H and O–H groups in total. The maximum Gasteiger partial charge on any atom is 0.258 e. The van der Waals surface area contributed by atoms with Crippen molar-refractivity contribution in [2.75, 3.05) is 37.9 Å². The first-order valence-corrected chi connectivity index (χ1v) is 11.8. The number of ether oxygens (including phenoxy) is 1. The van der Waals surface area contributed by atoms with Crippen LogP contribution in [0, 0.1) is 31.1 Å². The van der Waals surface area contributed by atoms with Crippen LogP contribution in [0.3, 0.4) is 0 Å². The van der Waals surface area contributed by atoms with Crippen molar-refractivity contribution >= 4 is 50.9 Å². The van der Waals surface area contributed by atoms with Crippen molar-refractivity contribution in [3.8, 4) is 30.9 Å². The standard InChI is InChI=1S/C18H20BrN5O3S.C4H10.C2H2/c1-5-7-11(27-6-2)10-20-16-17(23-28-22-16)21-13-9-8-12(19)14(15(13)25)18(26)24(3)4;1-4(2)3;1-2/h1,7-9,25H,6,10H2,2-4H3,(H,20,22)(H,21,23);4H,1-3H3;1-2H/b11-7-;;. The Morgan fingerprint density at radius 1 is 1.29 bits per heavy atom. The molecule has 34 heavy (non-hydrogen) atoms. The SMILES string of the molecule is C#C.C#C/C=C(/CNc1nsnc1Nc1ccc(Br)c(C(=O)N(C)C)c1O)OCC.CC(C)C. The van der Waals surface area contributed by atoms with Crippen LogP contribution in [0.5, 0.6) is 5.75 Å². The lowest BCUT2D eigenvalue weighted by atomic mass is 10.1. The first kappa shape index (κ1) is 30.8. The molecule has 0 saturated heterocycles. The number of hydrogen-bond acceptors (Lipinski definition) is 8.